The van der Waals surface area contributed by atoms with E-state index in [0.717, 1.165) is 19.3 Å². The second-order valence-electron chi connectivity index (χ2n) is 4.77. The number of rotatable bonds is 2. The number of carbonyl (C=O) groups is 1. The van der Waals surface area contributed by atoms with E-state index in [4.69, 9.17) is 0 Å². The highest BCUT2D eigenvalue weighted by Crippen LogP contribution is 2.44. The van der Waals surface area contributed by atoms with Crippen LogP contribution in [0.3, 0.4) is 0 Å². The Kier molecular flexibility index (Phi) is 3.52. The molecule has 18 heavy (non-hydrogen) atoms. The summed E-state index contributed by atoms with van der Waals surface area (Å²) in [6, 6.07) is 2.95. The van der Waals surface area contributed by atoms with E-state index < -0.39 is 11.4 Å². The minimum Gasteiger partial charge on any atom is -0.504 e. The van der Waals surface area contributed by atoms with Crippen LogP contribution in [0.25, 0.3) is 0 Å². The molecule has 0 aromatic heterocycles. The number of phenols is 2. The van der Waals surface area contributed by atoms with Gasteiger partial charge in [0.05, 0.1) is 9.89 Å². The zero-order valence-electron chi connectivity index (χ0n) is 9.82. The van der Waals surface area contributed by atoms with Gasteiger partial charge >= 0.3 is 5.97 Å². The molecule has 1 saturated carbocycles. The summed E-state index contributed by atoms with van der Waals surface area (Å²) in [6.07, 6.45) is 3.91. The lowest BCUT2D eigenvalue weighted by molar-refractivity contribution is -0.145. The molecule has 0 radical (unpaired) electrons. The van der Waals surface area contributed by atoms with Gasteiger partial charge in [-0.15, -0.1) is 0 Å². The third-order valence-electron chi connectivity index (χ3n) is 3.71. The maximum Gasteiger partial charge on any atom is 0.314 e. The average Bonchev–Trinajstić information content (AvgIpc) is 2.36. The number of aromatic hydroxyl groups is 2. The first-order chi connectivity index (χ1) is 8.47. The van der Waals surface area contributed by atoms with Gasteiger partial charge in [-0.25, -0.2) is 0 Å². The quantitative estimate of drug-likeness (QED) is 0.733. The molecule has 5 heteroatoms. The van der Waals surface area contributed by atoms with E-state index in [2.05, 4.69) is 15.9 Å². The van der Waals surface area contributed by atoms with E-state index in [9.17, 15) is 20.1 Å². The molecule has 0 heterocycles. The Labute approximate surface area is 113 Å². The summed E-state index contributed by atoms with van der Waals surface area (Å²) in [5.74, 6) is -1.40. The summed E-state index contributed by atoms with van der Waals surface area (Å²) < 4.78 is 0.323. The molecule has 2 rings (SSSR count). The fourth-order valence-electron chi connectivity index (χ4n) is 2.64. The van der Waals surface area contributed by atoms with Gasteiger partial charge in [0.25, 0.3) is 0 Å². The second-order valence-corrected chi connectivity index (χ2v) is 5.63. The van der Waals surface area contributed by atoms with Crippen molar-refractivity contribution in [2.24, 2.45) is 0 Å². The Morgan fingerprint density at radius 3 is 2.28 bits per heavy atom. The summed E-state index contributed by atoms with van der Waals surface area (Å²) in [5, 5.41) is 28.7. The van der Waals surface area contributed by atoms with E-state index in [1.165, 1.54) is 6.07 Å². The molecule has 98 valence electrons. The highest BCUT2D eigenvalue weighted by atomic mass is 79.9. The first-order valence-corrected chi connectivity index (χ1v) is 6.72. The number of halogens is 1. The summed E-state index contributed by atoms with van der Waals surface area (Å²) >= 11 is 3.13. The van der Waals surface area contributed by atoms with Crippen LogP contribution in [0.5, 0.6) is 11.5 Å². The van der Waals surface area contributed by atoms with Gasteiger partial charge in [0.1, 0.15) is 0 Å². The summed E-state index contributed by atoms with van der Waals surface area (Å²) in [7, 11) is 0. The first-order valence-electron chi connectivity index (χ1n) is 5.93. The normalized spacial score (nSPS) is 18.5. The van der Waals surface area contributed by atoms with Gasteiger partial charge in [0, 0.05) is 0 Å². The van der Waals surface area contributed by atoms with Crippen molar-refractivity contribution in [1.82, 2.24) is 0 Å². The van der Waals surface area contributed by atoms with Crippen LogP contribution in [0.2, 0.25) is 0 Å². The molecule has 1 aliphatic rings. The number of hydrogen-bond acceptors (Lipinski definition) is 3. The largest absolute Gasteiger partial charge is 0.504 e. The number of benzene rings is 1. The predicted octanol–water partition coefficient (Wildman–Crippen LogP) is 3.15. The topological polar surface area (TPSA) is 77.8 Å². The Bertz CT molecular complexity index is 455. The smallest absolute Gasteiger partial charge is 0.314 e. The molecule has 0 atom stereocenters. The van der Waals surface area contributed by atoms with Crippen molar-refractivity contribution in [2.75, 3.05) is 0 Å². The van der Waals surface area contributed by atoms with Gasteiger partial charge in [-0.3, -0.25) is 4.79 Å². The van der Waals surface area contributed by atoms with Crippen LogP contribution < -0.4 is 0 Å². The van der Waals surface area contributed by atoms with Crippen molar-refractivity contribution < 1.29 is 20.1 Å². The van der Waals surface area contributed by atoms with E-state index in [1.54, 1.807) is 6.07 Å². The Hall–Kier alpha value is -1.23. The summed E-state index contributed by atoms with van der Waals surface area (Å²) in [5.41, 5.74) is -0.386. The fraction of sp³-hybridized carbons (Fsp3) is 0.462. The highest BCUT2D eigenvalue weighted by Gasteiger charge is 2.41. The van der Waals surface area contributed by atoms with Crippen molar-refractivity contribution >= 4 is 21.9 Å². The van der Waals surface area contributed by atoms with Crippen LogP contribution in [0.1, 0.15) is 37.7 Å². The molecule has 3 N–H and O–H groups in total. The molecule has 4 nitrogen and oxygen atoms in total. The molecule has 0 aliphatic heterocycles. The first kappa shape index (κ1) is 13.2. The lowest BCUT2D eigenvalue weighted by Gasteiger charge is -2.33. The monoisotopic (exact) mass is 314 g/mol. The molecule has 1 fully saturated rings. The molecule has 1 aromatic rings. The maximum atomic E-state index is 11.6. The Morgan fingerprint density at radius 2 is 1.78 bits per heavy atom. The van der Waals surface area contributed by atoms with Crippen molar-refractivity contribution in [3.63, 3.8) is 0 Å². The van der Waals surface area contributed by atoms with Gasteiger partial charge < -0.3 is 15.3 Å². The zero-order chi connectivity index (χ0) is 13.3. The Balaban J connectivity index is 2.52. The van der Waals surface area contributed by atoms with Crippen LogP contribution in [0, 0.1) is 0 Å². The highest BCUT2D eigenvalue weighted by molar-refractivity contribution is 9.10. The predicted molar refractivity (Wildman–Crippen MR) is 69.9 cm³/mol. The van der Waals surface area contributed by atoms with Crippen molar-refractivity contribution in [1.29, 1.82) is 0 Å². The lowest BCUT2D eigenvalue weighted by Crippen LogP contribution is -2.37. The van der Waals surface area contributed by atoms with Gasteiger partial charge in [0.15, 0.2) is 11.5 Å². The number of carboxylic acids is 1. The molecule has 0 bridgehead atoms. The van der Waals surface area contributed by atoms with Crippen LogP contribution in [0.4, 0.5) is 0 Å². The van der Waals surface area contributed by atoms with Gasteiger partial charge in [-0.1, -0.05) is 19.3 Å². The molecule has 1 aromatic carbocycles. The lowest BCUT2D eigenvalue weighted by atomic mass is 9.69. The number of phenolic OH excluding ortho intramolecular Hbond substituents is 2. The standard InChI is InChI=1S/C13H15BrO4/c14-9-6-8(7-10(15)11(9)16)13(12(17)18)4-2-1-3-5-13/h6-7,15-16H,1-5H2,(H,17,18). The molecule has 1 aliphatic carbocycles. The van der Waals surface area contributed by atoms with Crippen LogP contribution in [-0.4, -0.2) is 21.3 Å². The van der Waals surface area contributed by atoms with Crippen molar-refractivity contribution in [2.45, 2.75) is 37.5 Å². The Morgan fingerprint density at radius 1 is 1.17 bits per heavy atom. The average molecular weight is 315 g/mol. The maximum absolute atomic E-state index is 11.6. The van der Waals surface area contributed by atoms with Crippen LogP contribution in [-0.2, 0) is 10.2 Å². The number of hydrogen-bond donors (Lipinski definition) is 3. The molecular weight excluding hydrogens is 300 g/mol. The zero-order valence-corrected chi connectivity index (χ0v) is 11.4. The molecule has 0 unspecified atom stereocenters. The summed E-state index contributed by atoms with van der Waals surface area (Å²) in [4.78, 5) is 11.6. The number of carboxylic acid groups (broad SMARTS) is 1. The van der Waals surface area contributed by atoms with Gasteiger partial charge in [0.2, 0.25) is 0 Å². The SMILES string of the molecule is O=C(O)C1(c2cc(O)c(O)c(Br)c2)CCCCC1. The summed E-state index contributed by atoms with van der Waals surface area (Å²) in [6.45, 7) is 0. The van der Waals surface area contributed by atoms with E-state index >= 15 is 0 Å². The molecule has 0 saturated heterocycles. The molecular formula is C13H15BrO4. The minimum atomic E-state index is -0.939. The fourth-order valence-corrected chi connectivity index (χ4v) is 3.09. The molecule has 0 amide bonds. The van der Waals surface area contributed by atoms with Gasteiger partial charge in [-0.2, -0.15) is 0 Å². The van der Waals surface area contributed by atoms with E-state index in [0.29, 0.717) is 22.9 Å². The third-order valence-corrected chi connectivity index (χ3v) is 4.32. The van der Waals surface area contributed by atoms with Crippen molar-refractivity contribution in [3.8, 4) is 11.5 Å². The van der Waals surface area contributed by atoms with Crippen LogP contribution in [0.15, 0.2) is 16.6 Å². The number of aliphatic carboxylic acids is 1. The minimum absolute atomic E-state index is 0.255. The molecule has 0 spiro atoms. The van der Waals surface area contributed by atoms with E-state index in [1.807, 2.05) is 0 Å². The second kappa shape index (κ2) is 4.80. The third kappa shape index (κ3) is 2.07. The van der Waals surface area contributed by atoms with Gasteiger partial charge in [-0.05, 0) is 46.5 Å². The van der Waals surface area contributed by atoms with Crippen molar-refractivity contribution in [3.05, 3.63) is 22.2 Å². The van der Waals surface area contributed by atoms with Crippen LogP contribution >= 0.6 is 15.9 Å². The van der Waals surface area contributed by atoms with E-state index in [-0.39, 0.29) is 11.5 Å².